The predicted octanol–water partition coefficient (Wildman–Crippen LogP) is 2.89. The van der Waals surface area contributed by atoms with Crippen LogP contribution in [0.2, 0.25) is 0 Å². The number of carbonyl (C=O) groups is 1. The van der Waals surface area contributed by atoms with Gasteiger partial charge in [-0.15, -0.1) is 0 Å². The van der Waals surface area contributed by atoms with Gasteiger partial charge in [-0.1, -0.05) is 19.3 Å². The van der Waals surface area contributed by atoms with Gasteiger partial charge in [0.25, 0.3) is 0 Å². The Hall–Kier alpha value is -2.04. The molecule has 0 amide bonds. The molecule has 0 unspecified atom stereocenters. The zero-order valence-electron chi connectivity index (χ0n) is 12.3. The summed E-state index contributed by atoms with van der Waals surface area (Å²) in [5.74, 6) is -0.849. The molecule has 1 fully saturated rings. The number of hydrogen-bond donors (Lipinski definition) is 1. The lowest BCUT2D eigenvalue weighted by Crippen LogP contribution is -2.33. The van der Waals surface area contributed by atoms with Crippen molar-refractivity contribution in [3.63, 3.8) is 0 Å². The van der Waals surface area contributed by atoms with Crippen molar-refractivity contribution in [2.75, 3.05) is 11.9 Å². The summed E-state index contributed by atoms with van der Waals surface area (Å²) in [6.07, 6.45) is 8.07. The van der Waals surface area contributed by atoms with Gasteiger partial charge in [0, 0.05) is 18.8 Å². The maximum Gasteiger partial charge on any atom is 0.323 e. The van der Waals surface area contributed by atoms with Crippen LogP contribution in [0, 0.1) is 0 Å². The van der Waals surface area contributed by atoms with Crippen LogP contribution in [-0.4, -0.2) is 33.7 Å². The molecule has 1 aliphatic carbocycles. The van der Waals surface area contributed by atoms with Crippen LogP contribution in [0.5, 0.6) is 0 Å². The first-order chi connectivity index (χ1) is 10.1. The van der Waals surface area contributed by atoms with Gasteiger partial charge in [-0.25, -0.2) is 4.98 Å². The first-order valence-corrected chi connectivity index (χ1v) is 7.54. The normalized spacial score (nSPS) is 16.2. The Kier molecular flexibility index (Phi) is 3.82. The minimum absolute atomic E-state index is 0.0473. The number of imidazole rings is 1. The number of fused-ring (bicyclic) bond motifs is 1. The lowest BCUT2D eigenvalue weighted by atomic mass is 9.94. The summed E-state index contributed by atoms with van der Waals surface area (Å²) < 4.78 is 1.67. The zero-order valence-corrected chi connectivity index (χ0v) is 12.3. The molecular weight excluding hydrogens is 266 g/mol. The molecule has 0 saturated heterocycles. The molecular formula is C16H21N3O2. The number of rotatable bonds is 4. The number of hydrogen-bond acceptors (Lipinski definition) is 3. The van der Waals surface area contributed by atoms with E-state index in [1.807, 2.05) is 6.07 Å². The molecule has 1 aromatic heterocycles. The van der Waals surface area contributed by atoms with Crippen molar-refractivity contribution in [1.29, 1.82) is 0 Å². The van der Waals surface area contributed by atoms with E-state index >= 15 is 0 Å². The van der Waals surface area contributed by atoms with Crippen LogP contribution >= 0.6 is 0 Å². The van der Waals surface area contributed by atoms with E-state index < -0.39 is 5.97 Å². The van der Waals surface area contributed by atoms with Gasteiger partial charge in [0.2, 0.25) is 0 Å². The lowest BCUT2D eigenvalue weighted by molar-refractivity contribution is -0.137. The Morgan fingerprint density at radius 2 is 2.14 bits per heavy atom. The summed E-state index contributed by atoms with van der Waals surface area (Å²) in [7, 11) is 2.14. The van der Waals surface area contributed by atoms with Crippen molar-refractivity contribution >= 4 is 22.7 Å². The third-order valence-corrected chi connectivity index (χ3v) is 4.44. The molecule has 0 radical (unpaired) electrons. The fourth-order valence-corrected chi connectivity index (χ4v) is 3.22. The van der Waals surface area contributed by atoms with E-state index in [1.54, 1.807) is 10.9 Å². The maximum absolute atomic E-state index is 10.8. The number of aromatic nitrogens is 2. The molecule has 112 valence electrons. The highest BCUT2D eigenvalue weighted by Gasteiger charge is 2.19. The SMILES string of the molecule is CN(c1ccc2c(c1)ncn2CC(=O)O)C1CCCCC1. The van der Waals surface area contributed by atoms with E-state index in [1.165, 1.54) is 32.1 Å². The monoisotopic (exact) mass is 287 g/mol. The van der Waals surface area contributed by atoms with Crippen molar-refractivity contribution in [3.8, 4) is 0 Å². The molecule has 1 N–H and O–H groups in total. The summed E-state index contributed by atoms with van der Waals surface area (Å²) >= 11 is 0. The molecule has 0 spiro atoms. The van der Waals surface area contributed by atoms with E-state index in [9.17, 15) is 4.79 Å². The Balaban J connectivity index is 1.85. The van der Waals surface area contributed by atoms with Crippen LogP contribution in [0.25, 0.3) is 11.0 Å². The van der Waals surface area contributed by atoms with Gasteiger partial charge in [0.05, 0.1) is 17.4 Å². The number of carboxylic acids is 1. The van der Waals surface area contributed by atoms with E-state index in [0.717, 1.165) is 16.7 Å². The van der Waals surface area contributed by atoms with Crippen molar-refractivity contribution < 1.29 is 9.90 Å². The van der Waals surface area contributed by atoms with Gasteiger partial charge in [-0.3, -0.25) is 4.79 Å². The van der Waals surface area contributed by atoms with Crippen LogP contribution in [0.4, 0.5) is 5.69 Å². The summed E-state index contributed by atoms with van der Waals surface area (Å²) in [6.45, 7) is -0.0473. The third-order valence-electron chi connectivity index (χ3n) is 4.44. The highest BCUT2D eigenvalue weighted by Crippen LogP contribution is 2.28. The molecule has 0 aliphatic heterocycles. The molecule has 1 saturated carbocycles. The van der Waals surface area contributed by atoms with Crippen molar-refractivity contribution in [2.24, 2.45) is 0 Å². The first-order valence-electron chi connectivity index (χ1n) is 7.54. The van der Waals surface area contributed by atoms with Gasteiger partial charge >= 0.3 is 5.97 Å². The van der Waals surface area contributed by atoms with Gasteiger partial charge in [0.1, 0.15) is 6.54 Å². The van der Waals surface area contributed by atoms with Crippen molar-refractivity contribution in [3.05, 3.63) is 24.5 Å². The van der Waals surface area contributed by atoms with Gasteiger partial charge < -0.3 is 14.6 Å². The molecule has 1 aromatic carbocycles. The minimum Gasteiger partial charge on any atom is -0.480 e. The lowest BCUT2D eigenvalue weighted by Gasteiger charge is -2.33. The smallest absolute Gasteiger partial charge is 0.323 e. The molecule has 5 nitrogen and oxygen atoms in total. The van der Waals surface area contributed by atoms with Crippen LogP contribution in [0.1, 0.15) is 32.1 Å². The second-order valence-corrected chi connectivity index (χ2v) is 5.84. The second-order valence-electron chi connectivity index (χ2n) is 5.84. The van der Waals surface area contributed by atoms with E-state index in [-0.39, 0.29) is 6.54 Å². The Morgan fingerprint density at radius 3 is 2.86 bits per heavy atom. The maximum atomic E-state index is 10.8. The summed E-state index contributed by atoms with van der Waals surface area (Å²) in [5, 5.41) is 8.90. The fraction of sp³-hybridized carbons (Fsp3) is 0.500. The summed E-state index contributed by atoms with van der Waals surface area (Å²) in [5.41, 5.74) is 2.89. The second kappa shape index (κ2) is 5.76. The molecule has 21 heavy (non-hydrogen) atoms. The Morgan fingerprint density at radius 1 is 1.38 bits per heavy atom. The highest BCUT2D eigenvalue weighted by molar-refractivity contribution is 5.81. The third kappa shape index (κ3) is 2.86. The summed E-state index contributed by atoms with van der Waals surface area (Å²) in [6, 6.07) is 6.71. The predicted molar refractivity (Wildman–Crippen MR) is 82.6 cm³/mol. The molecule has 1 heterocycles. The van der Waals surface area contributed by atoms with Crippen LogP contribution < -0.4 is 4.90 Å². The average Bonchev–Trinajstić information content (AvgIpc) is 2.89. The molecule has 0 bridgehead atoms. The molecule has 2 aromatic rings. The minimum atomic E-state index is -0.849. The van der Waals surface area contributed by atoms with Crippen LogP contribution in [0.3, 0.4) is 0 Å². The largest absolute Gasteiger partial charge is 0.480 e. The number of nitrogens with zero attached hydrogens (tertiary/aromatic N) is 3. The van der Waals surface area contributed by atoms with Crippen LogP contribution in [0.15, 0.2) is 24.5 Å². The Bertz CT molecular complexity index is 644. The average molecular weight is 287 g/mol. The van der Waals surface area contributed by atoms with E-state index in [4.69, 9.17) is 5.11 Å². The first kappa shape index (κ1) is 13.9. The zero-order chi connectivity index (χ0) is 14.8. The van der Waals surface area contributed by atoms with Gasteiger partial charge in [0.15, 0.2) is 0 Å². The molecule has 1 aliphatic rings. The quantitative estimate of drug-likeness (QED) is 0.939. The van der Waals surface area contributed by atoms with E-state index in [2.05, 4.69) is 29.1 Å². The van der Waals surface area contributed by atoms with Crippen molar-refractivity contribution in [2.45, 2.75) is 44.7 Å². The summed E-state index contributed by atoms with van der Waals surface area (Å²) in [4.78, 5) is 17.5. The number of anilines is 1. The van der Waals surface area contributed by atoms with Crippen LogP contribution in [-0.2, 0) is 11.3 Å². The van der Waals surface area contributed by atoms with Gasteiger partial charge in [-0.2, -0.15) is 0 Å². The molecule has 5 heteroatoms. The van der Waals surface area contributed by atoms with Gasteiger partial charge in [-0.05, 0) is 31.0 Å². The Labute approximate surface area is 124 Å². The molecule has 0 atom stereocenters. The topological polar surface area (TPSA) is 58.4 Å². The number of aliphatic carboxylic acids is 1. The fourth-order valence-electron chi connectivity index (χ4n) is 3.22. The van der Waals surface area contributed by atoms with E-state index in [0.29, 0.717) is 6.04 Å². The number of benzene rings is 1. The standard InChI is InChI=1S/C16H21N3O2/c1-18(12-5-3-2-4-6-12)13-7-8-15-14(9-13)17-11-19(15)10-16(20)21/h7-9,11-12H,2-6,10H2,1H3,(H,20,21). The van der Waals surface area contributed by atoms with Crippen molar-refractivity contribution in [1.82, 2.24) is 9.55 Å². The molecule has 3 rings (SSSR count). The number of carboxylic acid groups (broad SMARTS) is 1. The highest BCUT2D eigenvalue weighted by atomic mass is 16.4.